The average Bonchev–Trinajstić information content (AvgIpc) is 3.67. The van der Waals surface area contributed by atoms with E-state index in [2.05, 4.69) is 52.3 Å². The summed E-state index contributed by atoms with van der Waals surface area (Å²) in [6.45, 7) is 5.41. The van der Waals surface area contributed by atoms with Crippen LogP contribution in [0.2, 0.25) is 5.15 Å². The third kappa shape index (κ3) is 7.85. The fraction of sp³-hybridized carbons (Fsp3) is 0.533. The molecule has 4 aliphatic rings. The molecule has 2 saturated heterocycles. The minimum atomic E-state index is 0.329. The maximum absolute atomic E-state index is 6.07. The van der Waals surface area contributed by atoms with Gasteiger partial charge in [0.2, 0.25) is 0 Å². The Hall–Kier alpha value is -2.21. The maximum atomic E-state index is 6.07. The van der Waals surface area contributed by atoms with Crippen LogP contribution in [0.1, 0.15) is 12.8 Å². The van der Waals surface area contributed by atoms with E-state index in [4.69, 9.17) is 40.0 Å². The number of anilines is 2. The van der Waals surface area contributed by atoms with E-state index in [0.717, 1.165) is 75.8 Å². The quantitative estimate of drug-likeness (QED) is 0.160. The normalized spacial score (nSPS) is 22.8. The van der Waals surface area contributed by atoms with Gasteiger partial charge in [0.15, 0.2) is 23.1 Å². The van der Waals surface area contributed by atoms with E-state index >= 15 is 0 Å². The monoisotopic (exact) mass is 770 g/mol. The van der Waals surface area contributed by atoms with Crippen LogP contribution < -0.4 is 19.3 Å². The first kappa shape index (κ1) is 32.7. The number of nitrogens with zero attached hydrogens (tertiary/aromatic N) is 6. The van der Waals surface area contributed by atoms with Crippen LogP contribution in [-0.2, 0) is 18.9 Å². The van der Waals surface area contributed by atoms with Gasteiger partial charge in [0.1, 0.15) is 37.0 Å². The number of ether oxygens (including phenoxy) is 6. The summed E-state index contributed by atoms with van der Waals surface area (Å²) in [5.74, 6) is 4.58. The summed E-state index contributed by atoms with van der Waals surface area (Å²) in [4.78, 5) is 23.1. The summed E-state index contributed by atoms with van der Waals surface area (Å²) < 4.78 is 33.9. The third-order valence-corrected chi connectivity index (χ3v) is 10.0. The molecule has 45 heavy (non-hydrogen) atoms. The summed E-state index contributed by atoms with van der Waals surface area (Å²) in [5.41, 5.74) is 0. The van der Waals surface area contributed by atoms with Crippen LogP contribution in [0.25, 0.3) is 0 Å². The van der Waals surface area contributed by atoms with Crippen molar-refractivity contribution in [1.29, 1.82) is 0 Å². The zero-order valence-corrected chi connectivity index (χ0v) is 28.9. The van der Waals surface area contributed by atoms with Crippen LogP contribution in [0.15, 0.2) is 46.8 Å². The molecule has 2 fully saturated rings. The predicted molar refractivity (Wildman–Crippen MR) is 177 cm³/mol. The van der Waals surface area contributed by atoms with Crippen molar-refractivity contribution in [1.82, 2.24) is 19.9 Å². The second-order valence-corrected chi connectivity index (χ2v) is 13.8. The van der Waals surface area contributed by atoms with Crippen molar-refractivity contribution in [2.75, 3.05) is 77.1 Å². The Labute approximate surface area is 285 Å². The largest absolute Gasteiger partial charge is 0.486 e. The average molecular weight is 771 g/mol. The second kappa shape index (κ2) is 15.6. The minimum absolute atomic E-state index is 0.329. The lowest BCUT2D eigenvalue weighted by Gasteiger charge is -2.33. The lowest BCUT2D eigenvalue weighted by Crippen LogP contribution is -2.39. The Morgan fingerprint density at radius 2 is 1.44 bits per heavy atom. The van der Waals surface area contributed by atoms with Crippen LogP contribution in [-0.4, -0.2) is 99.3 Å². The second-order valence-electron chi connectivity index (χ2n) is 11.2. The van der Waals surface area contributed by atoms with Gasteiger partial charge in [-0.05, 0) is 47.6 Å². The van der Waals surface area contributed by atoms with E-state index in [1.807, 2.05) is 24.5 Å². The predicted octanol–water partition coefficient (Wildman–Crippen LogP) is 4.78. The van der Waals surface area contributed by atoms with Gasteiger partial charge >= 0.3 is 0 Å². The Kier molecular flexibility index (Phi) is 11.3. The number of aromatic nitrogens is 4. The zero-order chi connectivity index (χ0) is 31.2. The summed E-state index contributed by atoms with van der Waals surface area (Å²) in [6, 6.07) is 4.68. The molecule has 0 saturated carbocycles. The molecule has 3 aromatic heterocycles. The lowest BCUT2D eigenvalue weighted by molar-refractivity contribution is -0.0415. The molecule has 7 heterocycles. The standard InChI is InChI=1S/C17H19ClN4O3S.C13H17IN2O3/c1-23-10-24-8-11-4-12-9-25-16-13(2-3-19-17(16)22(12)7-11)26-15-6-20-14(18)5-21-15;1-17-8-18-6-9-4-10-7-19-12-11(14)2-3-15-13(12)16(10)5-9/h2-3,5-6,11-12H,4,7-10H2,1H3;2-3,9-10H,4-8H2,1H3/t11-,12-;9-,10-/m00/s1. The molecule has 0 radical (unpaired) electrons. The molecule has 4 atom stereocenters. The van der Waals surface area contributed by atoms with Gasteiger partial charge in [-0.3, -0.25) is 0 Å². The Bertz CT molecular complexity index is 1430. The Balaban J connectivity index is 0.000000167. The first-order chi connectivity index (χ1) is 22.0. The van der Waals surface area contributed by atoms with Gasteiger partial charge in [0.25, 0.3) is 0 Å². The summed E-state index contributed by atoms with van der Waals surface area (Å²) >= 11 is 9.60. The van der Waals surface area contributed by atoms with E-state index in [1.54, 1.807) is 26.6 Å². The molecular formula is C30H36ClIN6O6S. The molecule has 15 heteroatoms. The van der Waals surface area contributed by atoms with Crippen molar-refractivity contribution in [3.63, 3.8) is 0 Å². The summed E-state index contributed by atoms with van der Waals surface area (Å²) in [5, 5.41) is 1.14. The molecular weight excluding hydrogens is 735 g/mol. The number of rotatable bonds is 10. The molecule has 0 N–H and O–H groups in total. The fourth-order valence-electron chi connectivity index (χ4n) is 6.12. The van der Waals surface area contributed by atoms with Crippen LogP contribution in [0.5, 0.6) is 11.5 Å². The number of hydrogen-bond acceptors (Lipinski definition) is 13. The van der Waals surface area contributed by atoms with E-state index in [1.165, 1.54) is 11.8 Å². The highest BCUT2D eigenvalue weighted by Crippen LogP contribution is 2.45. The summed E-state index contributed by atoms with van der Waals surface area (Å²) in [6.07, 6.45) is 8.98. The Morgan fingerprint density at radius 3 is 2.04 bits per heavy atom. The minimum Gasteiger partial charge on any atom is -0.486 e. The molecule has 7 rings (SSSR count). The molecule has 0 spiro atoms. The van der Waals surface area contributed by atoms with E-state index < -0.39 is 0 Å². The van der Waals surface area contributed by atoms with Gasteiger partial charge in [0.05, 0.1) is 46.2 Å². The van der Waals surface area contributed by atoms with Gasteiger partial charge in [-0.15, -0.1) is 0 Å². The lowest BCUT2D eigenvalue weighted by atomic mass is 10.1. The van der Waals surface area contributed by atoms with Crippen molar-refractivity contribution in [2.24, 2.45) is 11.8 Å². The topological polar surface area (TPSA) is 113 Å². The van der Waals surface area contributed by atoms with Crippen molar-refractivity contribution in [3.8, 4) is 11.5 Å². The molecule has 242 valence electrons. The van der Waals surface area contributed by atoms with Crippen molar-refractivity contribution < 1.29 is 28.4 Å². The first-order valence-electron chi connectivity index (χ1n) is 14.7. The van der Waals surface area contributed by atoms with Gasteiger partial charge in [0, 0.05) is 51.5 Å². The Morgan fingerprint density at radius 1 is 0.844 bits per heavy atom. The fourth-order valence-corrected chi connectivity index (χ4v) is 7.58. The van der Waals surface area contributed by atoms with Gasteiger partial charge in [-0.25, -0.2) is 19.9 Å². The van der Waals surface area contributed by atoms with Crippen molar-refractivity contribution >= 4 is 57.6 Å². The number of hydrogen-bond donors (Lipinski definition) is 0. The molecule has 4 aliphatic heterocycles. The van der Waals surface area contributed by atoms with Crippen LogP contribution >= 0.6 is 46.0 Å². The van der Waals surface area contributed by atoms with Gasteiger partial charge < -0.3 is 38.2 Å². The SMILES string of the molecule is COCOC[C@H]1C[C@H]2COc3c(I)ccnc3N2C1.COCOC[C@H]1C[C@H]2COc3c(Sc4cnc(Cl)cn4)ccnc3N2C1. The molecule has 0 amide bonds. The van der Waals surface area contributed by atoms with E-state index in [-0.39, 0.29) is 0 Å². The number of pyridine rings is 2. The van der Waals surface area contributed by atoms with E-state index in [0.29, 0.717) is 55.9 Å². The molecule has 3 aromatic rings. The molecule has 12 nitrogen and oxygen atoms in total. The highest BCUT2D eigenvalue weighted by atomic mass is 127. The van der Waals surface area contributed by atoms with Crippen LogP contribution in [0.3, 0.4) is 0 Å². The van der Waals surface area contributed by atoms with Crippen molar-refractivity contribution in [3.05, 3.63) is 45.6 Å². The highest BCUT2D eigenvalue weighted by Gasteiger charge is 2.40. The highest BCUT2D eigenvalue weighted by molar-refractivity contribution is 14.1. The number of halogens is 2. The number of fused-ring (bicyclic) bond motifs is 6. The molecule has 0 aliphatic carbocycles. The maximum Gasteiger partial charge on any atom is 0.175 e. The summed E-state index contributed by atoms with van der Waals surface area (Å²) in [7, 11) is 3.28. The van der Waals surface area contributed by atoms with E-state index in [9.17, 15) is 0 Å². The van der Waals surface area contributed by atoms with Crippen LogP contribution in [0.4, 0.5) is 11.6 Å². The zero-order valence-electron chi connectivity index (χ0n) is 25.1. The number of methoxy groups -OCH3 is 2. The van der Waals surface area contributed by atoms with Crippen LogP contribution in [0, 0.1) is 15.4 Å². The van der Waals surface area contributed by atoms with Gasteiger partial charge in [-0.1, -0.05) is 23.4 Å². The van der Waals surface area contributed by atoms with Crippen molar-refractivity contribution in [2.45, 2.75) is 34.8 Å². The first-order valence-corrected chi connectivity index (χ1v) is 17.0. The third-order valence-electron chi connectivity index (χ3n) is 7.99. The van der Waals surface area contributed by atoms with Gasteiger partial charge in [-0.2, -0.15) is 0 Å². The molecule has 0 aromatic carbocycles. The smallest absolute Gasteiger partial charge is 0.175 e. The molecule has 0 unspecified atom stereocenters. The molecule has 0 bridgehead atoms.